The molecule has 0 radical (unpaired) electrons. The zero-order chi connectivity index (χ0) is 11.8. The molecule has 0 saturated heterocycles. The van der Waals surface area contributed by atoms with Crippen LogP contribution in [0.2, 0.25) is 0 Å². The maximum absolute atomic E-state index is 8.94. The van der Waals surface area contributed by atoms with Gasteiger partial charge in [-0.2, -0.15) is 0 Å². The molecule has 88 valence electrons. The fourth-order valence-electron chi connectivity index (χ4n) is 1.55. The number of aliphatic hydroxyl groups excluding tert-OH is 1. The number of hydrogen-bond donors (Lipinski definition) is 1. The van der Waals surface area contributed by atoms with E-state index >= 15 is 0 Å². The molecule has 0 unspecified atom stereocenters. The highest BCUT2D eigenvalue weighted by Gasteiger charge is 2.03. The predicted octanol–water partition coefficient (Wildman–Crippen LogP) is 2.39. The summed E-state index contributed by atoms with van der Waals surface area (Å²) in [5.41, 5.74) is 1.27. The Morgan fingerprint density at radius 3 is 2.56 bits per heavy atom. The number of aliphatic hydroxyl groups is 1. The van der Waals surface area contributed by atoms with E-state index < -0.39 is 0 Å². The van der Waals surface area contributed by atoms with Crippen molar-refractivity contribution in [2.24, 2.45) is 0 Å². The fraction of sp³-hybridized carbons (Fsp3) is 0.385. The lowest BCUT2D eigenvalue weighted by molar-refractivity contribution is 0.203. The van der Waals surface area contributed by atoms with Crippen LogP contribution in [-0.4, -0.2) is 36.0 Å². The molecular weight excluding hydrogens is 218 g/mol. The Balaban J connectivity index is 2.58. The minimum atomic E-state index is 0.191. The van der Waals surface area contributed by atoms with E-state index in [-0.39, 0.29) is 6.61 Å². The summed E-state index contributed by atoms with van der Waals surface area (Å²) in [6.45, 7) is 6.28. The monoisotopic (exact) mass is 237 g/mol. The molecule has 0 saturated carbocycles. The van der Waals surface area contributed by atoms with E-state index in [9.17, 15) is 0 Å². The highest BCUT2D eigenvalue weighted by molar-refractivity contribution is 7.98. The summed E-state index contributed by atoms with van der Waals surface area (Å²) >= 11 is 1.75. The third-order valence-corrected chi connectivity index (χ3v) is 3.11. The van der Waals surface area contributed by atoms with Crippen molar-refractivity contribution >= 4 is 11.8 Å². The second-order valence-corrected chi connectivity index (χ2v) is 4.48. The fourth-order valence-corrected chi connectivity index (χ4v) is 1.96. The van der Waals surface area contributed by atoms with Gasteiger partial charge in [0, 0.05) is 24.5 Å². The van der Waals surface area contributed by atoms with Crippen molar-refractivity contribution in [3.05, 3.63) is 42.5 Å². The lowest BCUT2D eigenvalue weighted by Crippen LogP contribution is -2.26. The quantitative estimate of drug-likeness (QED) is 0.582. The molecular formula is C13H19NOS. The average Bonchev–Trinajstić information content (AvgIpc) is 2.31. The van der Waals surface area contributed by atoms with Gasteiger partial charge in [-0.05, 0) is 24.0 Å². The largest absolute Gasteiger partial charge is 0.395 e. The normalized spacial score (nSPS) is 10.7. The molecule has 0 aliphatic carbocycles. The molecule has 0 bridgehead atoms. The maximum atomic E-state index is 8.94. The molecule has 0 atom stereocenters. The standard InChI is InChI=1S/C13H19NOS/c1-3-8-14(9-10-15)11-12-4-6-13(16-2)7-5-12/h3-7,15H,1,8-11H2,2H3. The van der Waals surface area contributed by atoms with E-state index in [0.717, 1.165) is 13.1 Å². The van der Waals surface area contributed by atoms with Crippen molar-refractivity contribution in [1.82, 2.24) is 4.90 Å². The molecule has 16 heavy (non-hydrogen) atoms. The highest BCUT2D eigenvalue weighted by atomic mass is 32.2. The van der Waals surface area contributed by atoms with E-state index in [2.05, 4.69) is 42.0 Å². The van der Waals surface area contributed by atoms with E-state index in [1.54, 1.807) is 11.8 Å². The lowest BCUT2D eigenvalue weighted by atomic mass is 10.2. The molecule has 0 heterocycles. The van der Waals surface area contributed by atoms with E-state index in [1.807, 2.05) is 6.08 Å². The van der Waals surface area contributed by atoms with Crippen LogP contribution >= 0.6 is 11.8 Å². The van der Waals surface area contributed by atoms with Crippen LogP contribution in [0, 0.1) is 0 Å². The van der Waals surface area contributed by atoms with Crippen LogP contribution in [0.5, 0.6) is 0 Å². The van der Waals surface area contributed by atoms with Crippen LogP contribution in [0.3, 0.4) is 0 Å². The topological polar surface area (TPSA) is 23.5 Å². The van der Waals surface area contributed by atoms with Crippen LogP contribution in [0.15, 0.2) is 41.8 Å². The molecule has 0 amide bonds. The van der Waals surface area contributed by atoms with Crippen molar-refractivity contribution in [3.63, 3.8) is 0 Å². The van der Waals surface area contributed by atoms with Crippen molar-refractivity contribution in [2.45, 2.75) is 11.4 Å². The van der Waals surface area contributed by atoms with Crippen LogP contribution in [0.25, 0.3) is 0 Å². The first kappa shape index (κ1) is 13.3. The minimum Gasteiger partial charge on any atom is -0.395 e. The Kier molecular flexibility index (Phi) is 6.23. The lowest BCUT2D eigenvalue weighted by Gasteiger charge is -2.19. The molecule has 1 aromatic rings. The van der Waals surface area contributed by atoms with Gasteiger partial charge in [0.15, 0.2) is 0 Å². The molecule has 1 N–H and O–H groups in total. The van der Waals surface area contributed by atoms with Crippen molar-refractivity contribution in [3.8, 4) is 0 Å². The molecule has 0 aromatic heterocycles. The van der Waals surface area contributed by atoms with Gasteiger partial charge in [-0.15, -0.1) is 18.3 Å². The molecule has 0 spiro atoms. The van der Waals surface area contributed by atoms with Gasteiger partial charge in [-0.25, -0.2) is 0 Å². The zero-order valence-corrected chi connectivity index (χ0v) is 10.5. The van der Waals surface area contributed by atoms with E-state index in [1.165, 1.54) is 10.5 Å². The summed E-state index contributed by atoms with van der Waals surface area (Å²) in [6.07, 6.45) is 3.94. The second kappa shape index (κ2) is 7.49. The highest BCUT2D eigenvalue weighted by Crippen LogP contribution is 2.15. The van der Waals surface area contributed by atoms with Gasteiger partial charge in [0.05, 0.1) is 6.61 Å². The molecule has 1 aromatic carbocycles. The van der Waals surface area contributed by atoms with Crippen molar-refractivity contribution in [2.75, 3.05) is 26.0 Å². The summed E-state index contributed by atoms with van der Waals surface area (Å²) in [4.78, 5) is 3.45. The number of nitrogens with zero attached hydrogens (tertiary/aromatic N) is 1. The van der Waals surface area contributed by atoms with Crippen LogP contribution in [-0.2, 0) is 6.54 Å². The van der Waals surface area contributed by atoms with Gasteiger partial charge in [0.1, 0.15) is 0 Å². The van der Waals surface area contributed by atoms with E-state index in [4.69, 9.17) is 5.11 Å². The zero-order valence-electron chi connectivity index (χ0n) is 9.72. The van der Waals surface area contributed by atoms with Crippen LogP contribution in [0.1, 0.15) is 5.56 Å². The molecule has 3 heteroatoms. The summed E-state index contributed by atoms with van der Waals surface area (Å²) < 4.78 is 0. The SMILES string of the molecule is C=CCN(CCO)Cc1ccc(SC)cc1. The molecule has 2 nitrogen and oxygen atoms in total. The predicted molar refractivity (Wildman–Crippen MR) is 70.8 cm³/mol. The summed E-state index contributed by atoms with van der Waals surface area (Å²) in [6, 6.07) is 8.54. The Labute approximate surface area is 102 Å². The third kappa shape index (κ3) is 4.39. The first-order valence-corrected chi connectivity index (χ1v) is 6.59. The molecule has 0 fully saturated rings. The van der Waals surface area contributed by atoms with Crippen LogP contribution in [0.4, 0.5) is 0 Å². The van der Waals surface area contributed by atoms with Crippen molar-refractivity contribution in [1.29, 1.82) is 0 Å². The minimum absolute atomic E-state index is 0.191. The Morgan fingerprint density at radius 2 is 2.06 bits per heavy atom. The number of rotatable bonds is 7. The Hall–Kier alpha value is -0.770. The smallest absolute Gasteiger partial charge is 0.0558 e. The average molecular weight is 237 g/mol. The van der Waals surface area contributed by atoms with Gasteiger partial charge >= 0.3 is 0 Å². The molecule has 0 aliphatic rings. The summed E-state index contributed by atoms with van der Waals surface area (Å²) in [7, 11) is 0. The van der Waals surface area contributed by atoms with Crippen molar-refractivity contribution < 1.29 is 5.11 Å². The molecule has 0 aliphatic heterocycles. The van der Waals surface area contributed by atoms with Gasteiger partial charge in [0.2, 0.25) is 0 Å². The third-order valence-electron chi connectivity index (χ3n) is 2.37. The first-order chi connectivity index (χ1) is 7.80. The Morgan fingerprint density at radius 1 is 1.38 bits per heavy atom. The van der Waals surface area contributed by atoms with E-state index in [0.29, 0.717) is 6.54 Å². The Bertz CT molecular complexity index is 310. The molecule has 1 rings (SSSR count). The maximum Gasteiger partial charge on any atom is 0.0558 e. The summed E-state index contributed by atoms with van der Waals surface area (Å²) in [5.74, 6) is 0. The van der Waals surface area contributed by atoms with Crippen LogP contribution < -0.4 is 0 Å². The van der Waals surface area contributed by atoms with Gasteiger partial charge in [0.25, 0.3) is 0 Å². The summed E-state index contributed by atoms with van der Waals surface area (Å²) in [5, 5.41) is 8.94. The van der Waals surface area contributed by atoms with Gasteiger partial charge in [-0.3, -0.25) is 4.90 Å². The first-order valence-electron chi connectivity index (χ1n) is 5.37. The van der Waals surface area contributed by atoms with Gasteiger partial charge < -0.3 is 5.11 Å². The number of thioether (sulfide) groups is 1. The number of benzene rings is 1. The number of hydrogen-bond acceptors (Lipinski definition) is 3. The van der Waals surface area contributed by atoms with Gasteiger partial charge in [-0.1, -0.05) is 18.2 Å². The second-order valence-electron chi connectivity index (χ2n) is 3.60.